The van der Waals surface area contributed by atoms with Gasteiger partial charge in [0.1, 0.15) is 11.6 Å². The average molecular weight is 232 g/mol. The van der Waals surface area contributed by atoms with Gasteiger partial charge in [-0.1, -0.05) is 6.92 Å². The van der Waals surface area contributed by atoms with Crippen LogP contribution in [0.25, 0.3) is 0 Å². The van der Waals surface area contributed by atoms with Crippen molar-refractivity contribution in [2.45, 2.75) is 26.9 Å². The minimum absolute atomic E-state index is 0.0188. The van der Waals surface area contributed by atoms with Gasteiger partial charge in [-0.15, -0.1) is 0 Å². The van der Waals surface area contributed by atoms with E-state index < -0.39 is 18.2 Å². The molecule has 0 amide bonds. The number of halogens is 3. The molecule has 1 aromatic carbocycles. The molecule has 0 heterocycles. The predicted molar refractivity (Wildman–Crippen MR) is 52.4 cm³/mol. The summed E-state index contributed by atoms with van der Waals surface area (Å²) >= 11 is 0. The Labute approximate surface area is 91.0 Å². The van der Waals surface area contributed by atoms with Crippen molar-refractivity contribution >= 4 is 5.78 Å². The van der Waals surface area contributed by atoms with E-state index in [1.807, 2.05) is 0 Å². The molecule has 0 aliphatic rings. The molecule has 0 aromatic heterocycles. The zero-order valence-corrected chi connectivity index (χ0v) is 8.89. The van der Waals surface area contributed by atoms with E-state index in [1.54, 1.807) is 6.92 Å². The maximum atomic E-state index is 13.4. The third-order valence-electron chi connectivity index (χ3n) is 2.13. The molecule has 0 unspecified atom stereocenters. The molecule has 0 fully saturated rings. The van der Waals surface area contributed by atoms with Gasteiger partial charge >= 0.3 is 6.61 Å². The van der Waals surface area contributed by atoms with E-state index in [0.717, 1.165) is 12.1 Å². The van der Waals surface area contributed by atoms with Crippen LogP contribution in [0, 0.1) is 5.82 Å². The number of carbonyl (C=O) groups is 1. The summed E-state index contributed by atoms with van der Waals surface area (Å²) in [6.45, 7) is -0.191. The fraction of sp³-hybridized carbons (Fsp3) is 0.364. The first-order valence-corrected chi connectivity index (χ1v) is 4.73. The number of benzene rings is 1. The molecule has 0 spiro atoms. The maximum Gasteiger partial charge on any atom is 0.387 e. The zero-order chi connectivity index (χ0) is 12.3. The summed E-state index contributed by atoms with van der Waals surface area (Å²) < 4.78 is 41.8. The SMILES string of the molecule is CCc1c(F)cc(C(C)=O)cc1OC(F)F. The van der Waals surface area contributed by atoms with Crippen molar-refractivity contribution in [3.8, 4) is 5.75 Å². The molecule has 0 N–H and O–H groups in total. The Bertz CT molecular complexity index is 402. The Balaban J connectivity index is 3.25. The number of alkyl halides is 2. The highest BCUT2D eigenvalue weighted by atomic mass is 19.3. The Morgan fingerprint density at radius 2 is 2.06 bits per heavy atom. The molecular formula is C11H11F3O2. The number of ketones is 1. The summed E-state index contributed by atoms with van der Waals surface area (Å²) in [5.74, 6) is -1.38. The van der Waals surface area contributed by atoms with E-state index in [2.05, 4.69) is 4.74 Å². The smallest absolute Gasteiger partial charge is 0.387 e. The van der Waals surface area contributed by atoms with E-state index >= 15 is 0 Å². The van der Waals surface area contributed by atoms with Crippen molar-refractivity contribution in [2.75, 3.05) is 0 Å². The highest BCUT2D eigenvalue weighted by molar-refractivity contribution is 5.94. The Morgan fingerprint density at radius 3 is 2.50 bits per heavy atom. The van der Waals surface area contributed by atoms with Gasteiger partial charge in [0, 0.05) is 11.1 Å². The molecule has 1 rings (SSSR count). The van der Waals surface area contributed by atoms with Crippen LogP contribution in [0.2, 0.25) is 0 Å². The van der Waals surface area contributed by atoms with Gasteiger partial charge in [-0.3, -0.25) is 4.79 Å². The number of carbonyl (C=O) groups excluding carboxylic acids is 1. The zero-order valence-electron chi connectivity index (χ0n) is 8.89. The normalized spacial score (nSPS) is 10.6. The summed E-state index contributed by atoms with van der Waals surface area (Å²) in [4.78, 5) is 11.0. The first kappa shape index (κ1) is 12.5. The molecule has 5 heteroatoms. The molecule has 0 saturated heterocycles. The minimum Gasteiger partial charge on any atom is -0.434 e. The van der Waals surface area contributed by atoms with Crippen LogP contribution < -0.4 is 4.74 Å². The fourth-order valence-corrected chi connectivity index (χ4v) is 1.36. The number of rotatable bonds is 4. The monoisotopic (exact) mass is 232 g/mol. The van der Waals surface area contributed by atoms with Gasteiger partial charge in [0.15, 0.2) is 5.78 Å². The Kier molecular flexibility index (Phi) is 3.93. The molecule has 88 valence electrons. The molecule has 0 saturated carbocycles. The largest absolute Gasteiger partial charge is 0.434 e. The van der Waals surface area contributed by atoms with E-state index in [9.17, 15) is 18.0 Å². The summed E-state index contributed by atoms with van der Waals surface area (Å²) in [7, 11) is 0. The van der Waals surface area contributed by atoms with Crippen LogP contribution in [0.3, 0.4) is 0 Å². The molecule has 0 atom stereocenters. The second-order valence-electron chi connectivity index (χ2n) is 3.22. The van der Waals surface area contributed by atoms with Crippen molar-refractivity contribution in [1.82, 2.24) is 0 Å². The number of Topliss-reactive ketones (excluding diaryl/α,β-unsaturated/α-hetero) is 1. The van der Waals surface area contributed by atoms with E-state index in [4.69, 9.17) is 0 Å². The highest BCUT2D eigenvalue weighted by Gasteiger charge is 2.15. The van der Waals surface area contributed by atoms with Gasteiger partial charge in [-0.25, -0.2) is 4.39 Å². The van der Waals surface area contributed by atoms with Crippen LogP contribution in [0.1, 0.15) is 29.8 Å². The third-order valence-corrected chi connectivity index (χ3v) is 2.13. The Hall–Kier alpha value is -1.52. The van der Waals surface area contributed by atoms with Crippen LogP contribution >= 0.6 is 0 Å². The van der Waals surface area contributed by atoms with Crippen molar-refractivity contribution < 1.29 is 22.7 Å². The number of ether oxygens (including phenoxy) is 1. The number of hydrogen-bond donors (Lipinski definition) is 0. The second-order valence-corrected chi connectivity index (χ2v) is 3.22. The maximum absolute atomic E-state index is 13.4. The quantitative estimate of drug-likeness (QED) is 0.745. The molecule has 0 aliphatic carbocycles. The Morgan fingerprint density at radius 1 is 1.44 bits per heavy atom. The molecule has 0 radical (unpaired) electrons. The summed E-state index contributed by atoms with van der Waals surface area (Å²) in [6.07, 6.45) is 0.214. The highest BCUT2D eigenvalue weighted by Crippen LogP contribution is 2.26. The van der Waals surface area contributed by atoms with Gasteiger partial charge in [0.05, 0.1) is 0 Å². The van der Waals surface area contributed by atoms with Crippen molar-refractivity contribution in [3.05, 3.63) is 29.1 Å². The standard InChI is InChI=1S/C11H11F3O2/c1-3-8-9(12)4-7(6(2)15)5-10(8)16-11(13)14/h4-5,11H,3H2,1-2H3. The molecule has 0 bridgehead atoms. The second kappa shape index (κ2) is 5.01. The lowest BCUT2D eigenvalue weighted by Gasteiger charge is -2.11. The molecular weight excluding hydrogens is 221 g/mol. The van der Waals surface area contributed by atoms with Gasteiger partial charge in [0.2, 0.25) is 0 Å². The van der Waals surface area contributed by atoms with Crippen molar-refractivity contribution in [1.29, 1.82) is 0 Å². The van der Waals surface area contributed by atoms with Gasteiger partial charge in [-0.2, -0.15) is 8.78 Å². The lowest BCUT2D eigenvalue weighted by molar-refractivity contribution is -0.0506. The van der Waals surface area contributed by atoms with Crippen LogP contribution in [0.4, 0.5) is 13.2 Å². The van der Waals surface area contributed by atoms with Crippen LogP contribution in [-0.2, 0) is 6.42 Å². The van der Waals surface area contributed by atoms with Crippen molar-refractivity contribution in [3.63, 3.8) is 0 Å². The topological polar surface area (TPSA) is 26.3 Å². The van der Waals surface area contributed by atoms with E-state index in [1.165, 1.54) is 6.92 Å². The minimum atomic E-state index is -3.04. The summed E-state index contributed by atoms with van der Waals surface area (Å²) in [5, 5.41) is 0. The summed E-state index contributed by atoms with van der Waals surface area (Å²) in [6, 6.07) is 2.16. The van der Waals surface area contributed by atoms with E-state index in [-0.39, 0.29) is 23.3 Å². The fourth-order valence-electron chi connectivity index (χ4n) is 1.36. The average Bonchev–Trinajstić information content (AvgIpc) is 2.16. The van der Waals surface area contributed by atoms with Crippen LogP contribution in [0.15, 0.2) is 12.1 Å². The number of hydrogen-bond acceptors (Lipinski definition) is 2. The van der Waals surface area contributed by atoms with Crippen LogP contribution in [-0.4, -0.2) is 12.4 Å². The third kappa shape index (κ3) is 2.74. The van der Waals surface area contributed by atoms with Gasteiger partial charge in [-0.05, 0) is 25.5 Å². The van der Waals surface area contributed by atoms with Crippen LogP contribution in [0.5, 0.6) is 5.75 Å². The van der Waals surface area contributed by atoms with Crippen molar-refractivity contribution in [2.24, 2.45) is 0 Å². The summed E-state index contributed by atoms with van der Waals surface area (Å²) in [5.41, 5.74) is 0.0654. The molecule has 1 aromatic rings. The van der Waals surface area contributed by atoms with Gasteiger partial charge < -0.3 is 4.74 Å². The first-order chi connectivity index (χ1) is 7.45. The molecule has 0 aliphatic heterocycles. The van der Waals surface area contributed by atoms with Gasteiger partial charge in [0.25, 0.3) is 0 Å². The van der Waals surface area contributed by atoms with E-state index in [0.29, 0.717) is 0 Å². The molecule has 16 heavy (non-hydrogen) atoms. The predicted octanol–water partition coefficient (Wildman–Crippen LogP) is 3.19. The molecule has 2 nitrogen and oxygen atoms in total. The lowest BCUT2D eigenvalue weighted by Crippen LogP contribution is -2.07. The first-order valence-electron chi connectivity index (χ1n) is 4.73. The lowest BCUT2D eigenvalue weighted by atomic mass is 10.1.